The number of ether oxygens (including phenoxy) is 3. The average molecular weight is 518 g/mol. The Bertz CT molecular complexity index is 1220. The number of anilines is 1. The maximum absolute atomic E-state index is 12.7. The molecule has 0 bridgehead atoms. The van der Waals surface area contributed by atoms with Crippen LogP contribution in [0.2, 0.25) is 0 Å². The van der Waals surface area contributed by atoms with Crippen molar-refractivity contribution in [3.05, 3.63) is 95.2 Å². The van der Waals surface area contributed by atoms with Gasteiger partial charge in [-0.15, -0.1) is 0 Å². The SMILES string of the molecule is CCCCOc1cc(/C=C(\OCC)C(=O)O)ccc1OCCc1ccc(N(C)C(=O)c2ccccc2)cc1. The zero-order valence-electron chi connectivity index (χ0n) is 22.2. The van der Waals surface area contributed by atoms with Gasteiger partial charge in [0.15, 0.2) is 11.5 Å². The van der Waals surface area contributed by atoms with Gasteiger partial charge in [0.05, 0.1) is 19.8 Å². The Hall–Kier alpha value is -4.26. The summed E-state index contributed by atoms with van der Waals surface area (Å²) in [6, 6.07) is 22.3. The van der Waals surface area contributed by atoms with Crippen molar-refractivity contribution < 1.29 is 28.9 Å². The highest BCUT2D eigenvalue weighted by atomic mass is 16.5. The molecule has 0 aliphatic carbocycles. The number of carboxylic acids is 1. The zero-order chi connectivity index (χ0) is 27.3. The fraction of sp³-hybridized carbons (Fsp3) is 0.290. The van der Waals surface area contributed by atoms with Crippen molar-refractivity contribution in [2.24, 2.45) is 0 Å². The first-order valence-electron chi connectivity index (χ1n) is 12.8. The highest BCUT2D eigenvalue weighted by Crippen LogP contribution is 2.30. The Morgan fingerprint density at radius 3 is 2.26 bits per heavy atom. The Kier molecular flexibility index (Phi) is 10.8. The molecular formula is C31H35NO6. The van der Waals surface area contributed by atoms with Crippen LogP contribution in [-0.4, -0.2) is 43.9 Å². The molecule has 3 aromatic carbocycles. The van der Waals surface area contributed by atoms with Crippen molar-refractivity contribution in [3.8, 4) is 11.5 Å². The van der Waals surface area contributed by atoms with Crippen molar-refractivity contribution in [1.82, 2.24) is 0 Å². The Balaban J connectivity index is 1.65. The Morgan fingerprint density at radius 2 is 1.61 bits per heavy atom. The van der Waals surface area contributed by atoms with Gasteiger partial charge in [0.25, 0.3) is 5.91 Å². The number of carbonyl (C=O) groups is 2. The summed E-state index contributed by atoms with van der Waals surface area (Å²) in [6.07, 6.45) is 4.03. The van der Waals surface area contributed by atoms with Gasteiger partial charge in [-0.25, -0.2) is 4.79 Å². The Morgan fingerprint density at radius 1 is 0.895 bits per heavy atom. The Labute approximate surface area is 224 Å². The fourth-order valence-corrected chi connectivity index (χ4v) is 3.70. The second-order valence-electron chi connectivity index (χ2n) is 8.65. The number of carbonyl (C=O) groups excluding carboxylic acids is 1. The van der Waals surface area contributed by atoms with Crippen molar-refractivity contribution in [3.63, 3.8) is 0 Å². The molecule has 0 aromatic heterocycles. The lowest BCUT2D eigenvalue weighted by atomic mass is 10.1. The summed E-state index contributed by atoms with van der Waals surface area (Å²) in [4.78, 5) is 25.7. The van der Waals surface area contributed by atoms with Gasteiger partial charge < -0.3 is 24.2 Å². The highest BCUT2D eigenvalue weighted by Gasteiger charge is 2.14. The minimum atomic E-state index is -1.12. The van der Waals surface area contributed by atoms with Gasteiger partial charge in [-0.2, -0.15) is 0 Å². The van der Waals surface area contributed by atoms with E-state index in [2.05, 4.69) is 6.92 Å². The topological polar surface area (TPSA) is 85.3 Å². The number of rotatable bonds is 14. The van der Waals surface area contributed by atoms with Crippen LogP contribution in [0.4, 0.5) is 5.69 Å². The monoisotopic (exact) mass is 517 g/mol. The van der Waals surface area contributed by atoms with Crippen molar-refractivity contribution in [2.45, 2.75) is 33.1 Å². The second-order valence-corrected chi connectivity index (χ2v) is 8.65. The van der Waals surface area contributed by atoms with Crippen LogP contribution in [0.25, 0.3) is 6.08 Å². The molecule has 1 amide bonds. The van der Waals surface area contributed by atoms with Crippen LogP contribution in [0.15, 0.2) is 78.6 Å². The van der Waals surface area contributed by atoms with E-state index in [0.29, 0.717) is 42.3 Å². The maximum atomic E-state index is 12.7. The summed E-state index contributed by atoms with van der Waals surface area (Å²) >= 11 is 0. The molecule has 0 aliphatic heterocycles. The first-order valence-corrected chi connectivity index (χ1v) is 12.8. The molecule has 0 saturated carbocycles. The lowest BCUT2D eigenvalue weighted by Gasteiger charge is -2.18. The van der Waals surface area contributed by atoms with Crippen LogP contribution in [-0.2, 0) is 16.0 Å². The average Bonchev–Trinajstić information content (AvgIpc) is 2.94. The van der Waals surface area contributed by atoms with Crippen LogP contribution < -0.4 is 14.4 Å². The maximum Gasteiger partial charge on any atom is 0.371 e. The molecule has 0 spiro atoms. The van der Waals surface area contributed by atoms with Crippen molar-refractivity contribution >= 4 is 23.6 Å². The van der Waals surface area contributed by atoms with Gasteiger partial charge >= 0.3 is 5.97 Å². The number of nitrogens with zero attached hydrogens (tertiary/aromatic N) is 1. The highest BCUT2D eigenvalue weighted by molar-refractivity contribution is 6.05. The number of unbranched alkanes of at least 4 members (excludes halogenated alkanes) is 1. The molecule has 0 fully saturated rings. The lowest BCUT2D eigenvalue weighted by molar-refractivity contribution is -0.136. The van der Waals surface area contributed by atoms with E-state index in [9.17, 15) is 14.7 Å². The summed E-state index contributed by atoms with van der Waals surface area (Å²) in [5.74, 6) is -0.156. The normalized spacial score (nSPS) is 11.1. The largest absolute Gasteiger partial charge is 0.490 e. The van der Waals surface area contributed by atoms with E-state index in [4.69, 9.17) is 14.2 Å². The van der Waals surface area contributed by atoms with Crippen LogP contribution in [0.5, 0.6) is 11.5 Å². The van der Waals surface area contributed by atoms with E-state index in [1.807, 2.05) is 42.5 Å². The van der Waals surface area contributed by atoms with E-state index in [0.717, 1.165) is 24.1 Å². The van der Waals surface area contributed by atoms with Crippen LogP contribution in [0.1, 0.15) is 48.2 Å². The molecule has 0 heterocycles. The number of benzene rings is 3. The summed E-state index contributed by atoms with van der Waals surface area (Å²) in [6.45, 7) is 5.05. The number of amides is 1. The molecule has 0 atom stereocenters. The van der Waals surface area contributed by atoms with Crippen molar-refractivity contribution in [2.75, 3.05) is 31.8 Å². The second kappa shape index (κ2) is 14.5. The number of aliphatic carboxylic acids is 1. The van der Waals surface area contributed by atoms with E-state index in [-0.39, 0.29) is 18.3 Å². The molecule has 200 valence electrons. The van der Waals surface area contributed by atoms with E-state index >= 15 is 0 Å². The fourth-order valence-electron chi connectivity index (χ4n) is 3.70. The predicted octanol–water partition coefficient (Wildman–Crippen LogP) is 6.23. The minimum Gasteiger partial charge on any atom is -0.490 e. The molecule has 0 radical (unpaired) electrons. The third-order valence-corrected chi connectivity index (χ3v) is 5.83. The first kappa shape index (κ1) is 28.3. The van der Waals surface area contributed by atoms with Crippen LogP contribution in [0.3, 0.4) is 0 Å². The van der Waals surface area contributed by atoms with Crippen LogP contribution >= 0.6 is 0 Å². The molecule has 7 nitrogen and oxygen atoms in total. The van der Waals surface area contributed by atoms with Gasteiger partial charge in [-0.1, -0.05) is 49.7 Å². The summed E-state index contributed by atoms with van der Waals surface area (Å²) < 4.78 is 17.2. The van der Waals surface area contributed by atoms with Crippen LogP contribution in [0, 0.1) is 0 Å². The molecule has 7 heteroatoms. The quantitative estimate of drug-likeness (QED) is 0.155. The van der Waals surface area contributed by atoms with E-state index in [1.165, 1.54) is 6.08 Å². The molecule has 0 unspecified atom stereocenters. The van der Waals surface area contributed by atoms with Gasteiger partial charge in [0, 0.05) is 24.7 Å². The van der Waals surface area contributed by atoms with Gasteiger partial charge in [-0.05, 0) is 66.9 Å². The lowest BCUT2D eigenvalue weighted by Crippen LogP contribution is -2.26. The molecule has 0 aliphatic rings. The minimum absolute atomic E-state index is 0.0627. The van der Waals surface area contributed by atoms with Gasteiger partial charge in [0.1, 0.15) is 0 Å². The molecular weight excluding hydrogens is 482 g/mol. The molecule has 38 heavy (non-hydrogen) atoms. The van der Waals surface area contributed by atoms with Gasteiger partial charge in [-0.3, -0.25) is 4.79 Å². The summed E-state index contributed by atoms with van der Waals surface area (Å²) in [5, 5.41) is 9.35. The predicted molar refractivity (Wildman–Crippen MR) is 149 cm³/mol. The standard InChI is InChI=1S/C31H35NO6/c1-4-6-19-37-28-21-24(22-29(31(34)35)36-5-2)14-17-27(28)38-20-18-23-12-15-26(16-13-23)32(3)30(33)25-10-8-7-9-11-25/h7-17,21-22H,4-6,18-20H2,1-3H3,(H,34,35)/b29-22-. The van der Waals surface area contributed by atoms with Gasteiger partial charge in [0.2, 0.25) is 5.76 Å². The first-order chi connectivity index (χ1) is 18.4. The summed E-state index contributed by atoms with van der Waals surface area (Å²) in [7, 11) is 1.76. The van der Waals surface area contributed by atoms with E-state index in [1.54, 1.807) is 49.2 Å². The number of hydrogen-bond donors (Lipinski definition) is 1. The van der Waals surface area contributed by atoms with E-state index < -0.39 is 5.97 Å². The zero-order valence-corrected chi connectivity index (χ0v) is 22.2. The third-order valence-electron chi connectivity index (χ3n) is 5.83. The number of hydrogen-bond acceptors (Lipinski definition) is 5. The molecule has 0 saturated heterocycles. The summed E-state index contributed by atoms with van der Waals surface area (Å²) in [5.41, 5.74) is 3.18. The smallest absolute Gasteiger partial charge is 0.371 e. The number of carboxylic acid groups (broad SMARTS) is 1. The molecule has 3 rings (SSSR count). The molecule has 1 N–H and O–H groups in total. The molecule has 3 aromatic rings. The third kappa shape index (κ3) is 8.13. The van der Waals surface area contributed by atoms with Crippen molar-refractivity contribution in [1.29, 1.82) is 0 Å².